The summed E-state index contributed by atoms with van der Waals surface area (Å²) in [5.41, 5.74) is 0.950. The molecule has 100 valence electrons. The van der Waals surface area contributed by atoms with E-state index in [9.17, 15) is 0 Å². The minimum atomic E-state index is 0.255. The van der Waals surface area contributed by atoms with Crippen LogP contribution >= 0.6 is 0 Å². The van der Waals surface area contributed by atoms with E-state index >= 15 is 0 Å². The van der Waals surface area contributed by atoms with Crippen molar-refractivity contribution in [3.05, 3.63) is 30.7 Å². The van der Waals surface area contributed by atoms with Crippen molar-refractivity contribution in [2.45, 2.75) is 19.4 Å². The summed E-state index contributed by atoms with van der Waals surface area (Å²) in [6, 6.07) is 2.04. The van der Waals surface area contributed by atoms with Crippen molar-refractivity contribution in [3.63, 3.8) is 0 Å². The molecule has 2 aromatic rings. The van der Waals surface area contributed by atoms with Gasteiger partial charge in [0.1, 0.15) is 12.1 Å². The Bertz CT molecular complexity index is 594. The first-order valence-corrected chi connectivity index (χ1v) is 6.43. The number of aromatic nitrogens is 4. The highest BCUT2D eigenvalue weighted by atomic mass is 16.5. The van der Waals surface area contributed by atoms with E-state index in [0.717, 1.165) is 31.0 Å². The molecule has 0 radical (unpaired) electrons. The lowest BCUT2D eigenvalue weighted by Gasteiger charge is -2.19. The van der Waals surface area contributed by atoms with Gasteiger partial charge in [-0.2, -0.15) is 14.6 Å². The summed E-state index contributed by atoms with van der Waals surface area (Å²) in [6.45, 7) is 8.08. The molecule has 0 bridgehead atoms. The molecule has 1 aliphatic rings. The standard InChI is InChI=1S/C13H17N5O/c1-3-6-19-11-4-5-17(8-11)12-7-10(2)16-13-14-9-15-18(12)13/h3,7,9,11H,1,4-6,8H2,2H3. The van der Waals surface area contributed by atoms with Crippen LogP contribution in [0.3, 0.4) is 0 Å². The molecule has 3 heterocycles. The van der Waals surface area contributed by atoms with Gasteiger partial charge >= 0.3 is 0 Å². The number of rotatable bonds is 4. The lowest BCUT2D eigenvalue weighted by molar-refractivity contribution is 0.0908. The average molecular weight is 259 g/mol. The Morgan fingerprint density at radius 2 is 2.47 bits per heavy atom. The van der Waals surface area contributed by atoms with Crippen molar-refractivity contribution in [1.82, 2.24) is 19.6 Å². The number of hydrogen-bond acceptors (Lipinski definition) is 5. The molecule has 19 heavy (non-hydrogen) atoms. The highest BCUT2D eigenvalue weighted by Crippen LogP contribution is 2.22. The highest BCUT2D eigenvalue weighted by Gasteiger charge is 2.25. The molecule has 6 nitrogen and oxygen atoms in total. The van der Waals surface area contributed by atoms with Crippen molar-refractivity contribution in [1.29, 1.82) is 0 Å². The predicted molar refractivity (Wildman–Crippen MR) is 72.3 cm³/mol. The molecule has 2 aromatic heterocycles. The largest absolute Gasteiger partial charge is 0.372 e. The molecule has 1 saturated heterocycles. The zero-order valence-corrected chi connectivity index (χ0v) is 11.0. The second-order valence-corrected chi connectivity index (χ2v) is 4.71. The van der Waals surface area contributed by atoms with Crippen LogP contribution in [0, 0.1) is 6.92 Å². The number of fused-ring (bicyclic) bond motifs is 1. The summed E-state index contributed by atoms with van der Waals surface area (Å²) in [5, 5.41) is 4.24. The Morgan fingerprint density at radius 3 is 3.32 bits per heavy atom. The van der Waals surface area contributed by atoms with Gasteiger partial charge in [-0.05, 0) is 13.3 Å². The van der Waals surface area contributed by atoms with Gasteiger partial charge in [-0.15, -0.1) is 6.58 Å². The van der Waals surface area contributed by atoms with Gasteiger partial charge in [-0.1, -0.05) is 6.08 Å². The summed E-state index contributed by atoms with van der Waals surface area (Å²) in [5.74, 6) is 1.68. The molecule has 0 amide bonds. The summed E-state index contributed by atoms with van der Waals surface area (Å²) in [4.78, 5) is 10.8. The van der Waals surface area contributed by atoms with Crippen LogP contribution in [-0.2, 0) is 4.74 Å². The van der Waals surface area contributed by atoms with Gasteiger partial charge in [0.05, 0.1) is 12.7 Å². The van der Waals surface area contributed by atoms with Crippen LogP contribution < -0.4 is 4.90 Å². The first kappa shape index (κ1) is 12.1. The van der Waals surface area contributed by atoms with Gasteiger partial charge in [0.2, 0.25) is 0 Å². The fourth-order valence-electron chi connectivity index (χ4n) is 2.41. The molecule has 0 spiro atoms. The Balaban J connectivity index is 1.85. The fraction of sp³-hybridized carbons (Fsp3) is 0.462. The zero-order chi connectivity index (χ0) is 13.2. The fourth-order valence-corrected chi connectivity index (χ4v) is 2.41. The molecular formula is C13H17N5O. The smallest absolute Gasteiger partial charge is 0.254 e. The third-order valence-corrected chi connectivity index (χ3v) is 3.28. The van der Waals surface area contributed by atoms with Crippen molar-refractivity contribution >= 4 is 11.6 Å². The lowest BCUT2D eigenvalue weighted by Crippen LogP contribution is -2.25. The second-order valence-electron chi connectivity index (χ2n) is 4.71. The average Bonchev–Trinajstić information content (AvgIpc) is 3.03. The third-order valence-electron chi connectivity index (χ3n) is 3.28. The lowest BCUT2D eigenvalue weighted by atomic mass is 10.3. The maximum atomic E-state index is 5.71. The van der Waals surface area contributed by atoms with E-state index in [1.54, 1.807) is 10.6 Å². The molecule has 1 atom stereocenters. The number of ether oxygens (including phenoxy) is 1. The molecule has 0 aromatic carbocycles. The Kier molecular flexibility index (Phi) is 3.16. The topological polar surface area (TPSA) is 55.5 Å². The van der Waals surface area contributed by atoms with Crippen LogP contribution in [0.2, 0.25) is 0 Å². The van der Waals surface area contributed by atoms with Crippen molar-refractivity contribution in [2.75, 3.05) is 24.6 Å². The van der Waals surface area contributed by atoms with E-state index in [2.05, 4.69) is 26.5 Å². The molecule has 3 rings (SSSR count). The minimum absolute atomic E-state index is 0.255. The van der Waals surface area contributed by atoms with E-state index in [4.69, 9.17) is 4.74 Å². The van der Waals surface area contributed by atoms with Crippen LogP contribution in [0.1, 0.15) is 12.1 Å². The monoisotopic (exact) mass is 259 g/mol. The molecule has 1 aliphatic heterocycles. The summed E-state index contributed by atoms with van der Waals surface area (Å²) < 4.78 is 7.49. The van der Waals surface area contributed by atoms with E-state index < -0.39 is 0 Å². The van der Waals surface area contributed by atoms with Crippen LogP contribution in [-0.4, -0.2) is 45.4 Å². The molecular weight excluding hydrogens is 242 g/mol. The molecule has 0 N–H and O–H groups in total. The van der Waals surface area contributed by atoms with Gasteiger partial charge in [-0.3, -0.25) is 0 Å². The predicted octanol–water partition coefficient (Wildman–Crippen LogP) is 1.21. The number of anilines is 1. The van der Waals surface area contributed by atoms with Crippen molar-refractivity contribution in [3.8, 4) is 0 Å². The van der Waals surface area contributed by atoms with Crippen LogP contribution in [0.4, 0.5) is 5.82 Å². The molecule has 0 aliphatic carbocycles. The normalized spacial score (nSPS) is 19.2. The Morgan fingerprint density at radius 1 is 1.58 bits per heavy atom. The van der Waals surface area contributed by atoms with Gasteiger partial charge in [0.25, 0.3) is 5.78 Å². The second kappa shape index (κ2) is 4.97. The first-order valence-electron chi connectivity index (χ1n) is 6.43. The Labute approximate surface area is 111 Å². The summed E-state index contributed by atoms with van der Waals surface area (Å²) in [6.07, 6.45) is 4.60. The molecule has 1 fully saturated rings. The number of nitrogens with zero attached hydrogens (tertiary/aromatic N) is 5. The maximum Gasteiger partial charge on any atom is 0.254 e. The maximum absolute atomic E-state index is 5.71. The van der Waals surface area contributed by atoms with Gasteiger partial charge in [0.15, 0.2) is 0 Å². The van der Waals surface area contributed by atoms with Crippen LogP contribution in [0.5, 0.6) is 0 Å². The third kappa shape index (κ3) is 2.31. The SMILES string of the molecule is C=CCOC1CCN(c2cc(C)nc3ncnn23)C1. The molecule has 1 unspecified atom stereocenters. The Hall–Kier alpha value is -1.95. The van der Waals surface area contributed by atoms with Crippen molar-refractivity contribution < 1.29 is 4.74 Å². The minimum Gasteiger partial charge on any atom is -0.372 e. The quantitative estimate of drug-likeness (QED) is 0.773. The summed E-state index contributed by atoms with van der Waals surface area (Å²) in [7, 11) is 0. The van der Waals surface area contributed by atoms with Crippen LogP contribution in [0.25, 0.3) is 5.78 Å². The van der Waals surface area contributed by atoms with Crippen LogP contribution in [0.15, 0.2) is 25.0 Å². The van der Waals surface area contributed by atoms with E-state index in [-0.39, 0.29) is 6.10 Å². The first-order chi connectivity index (χ1) is 9.28. The molecule has 0 saturated carbocycles. The van der Waals surface area contributed by atoms with Gasteiger partial charge < -0.3 is 9.64 Å². The van der Waals surface area contributed by atoms with E-state index in [0.29, 0.717) is 12.4 Å². The highest BCUT2D eigenvalue weighted by molar-refractivity contribution is 5.48. The van der Waals surface area contributed by atoms with Gasteiger partial charge in [0, 0.05) is 24.8 Å². The van der Waals surface area contributed by atoms with Crippen molar-refractivity contribution in [2.24, 2.45) is 0 Å². The van der Waals surface area contributed by atoms with E-state index in [1.165, 1.54) is 6.33 Å². The number of hydrogen-bond donors (Lipinski definition) is 0. The summed E-state index contributed by atoms with van der Waals surface area (Å²) >= 11 is 0. The number of aryl methyl sites for hydroxylation is 1. The zero-order valence-electron chi connectivity index (χ0n) is 11.0. The van der Waals surface area contributed by atoms with Gasteiger partial charge in [-0.25, -0.2) is 4.98 Å². The van der Waals surface area contributed by atoms with E-state index in [1.807, 2.05) is 13.0 Å². The molecule has 6 heteroatoms.